The van der Waals surface area contributed by atoms with Crippen molar-refractivity contribution in [3.05, 3.63) is 18.2 Å². The number of anilines is 2. The van der Waals surface area contributed by atoms with E-state index in [9.17, 15) is 0 Å². The molecule has 0 fully saturated rings. The van der Waals surface area contributed by atoms with Gasteiger partial charge in [-0.15, -0.1) is 0 Å². The number of hydrogen-bond acceptors (Lipinski definition) is 4. The van der Waals surface area contributed by atoms with E-state index in [4.69, 9.17) is 10.2 Å². The number of fused-ring (bicyclic) bond motifs is 1. The Hall–Kier alpha value is -1.71. The fourth-order valence-electron chi connectivity index (χ4n) is 2.19. The molecular formula is C15H23N3O. The van der Waals surface area contributed by atoms with Crippen LogP contribution in [0.4, 0.5) is 11.7 Å². The molecule has 1 atom stereocenters. The molecule has 4 nitrogen and oxygen atoms in total. The quantitative estimate of drug-likeness (QED) is 0.738. The highest BCUT2D eigenvalue weighted by atomic mass is 16.4. The summed E-state index contributed by atoms with van der Waals surface area (Å²) in [6.07, 6.45) is 4.97. The van der Waals surface area contributed by atoms with Gasteiger partial charge in [0.1, 0.15) is 5.52 Å². The second-order valence-electron chi connectivity index (χ2n) is 5.04. The lowest BCUT2D eigenvalue weighted by Gasteiger charge is -2.13. The minimum Gasteiger partial charge on any atom is -0.423 e. The van der Waals surface area contributed by atoms with E-state index in [1.165, 1.54) is 25.7 Å². The van der Waals surface area contributed by atoms with Gasteiger partial charge < -0.3 is 15.5 Å². The second-order valence-corrected chi connectivity index (χ2v) is 5.04. The first-order valence-corrected chi connectivity index (χ1v) is 7.12. The molecule has 3 N–H and O–H groups in total. The molecule has 0 aliphatic heterocycles. The van der Waals surface area contributed by atoms with Crippen molar-refractivity contribution in [1.82, 2.24) is 4.98 Å². The smallest absolute Gasteiger partial charge is 0.295 e. The molecule has 19 heavy (non-hydrogen) atoms. The Labute approximate surface area is 114 Å². The molecule has 1 aromatic carbocycles. The maximum absolute atomic E-state index is 5.72. The van der Waals surface area contributed by atoms with Crippen LogP contribution in [0.2, 0.25) is 0 Å². The van der Waals surface area contributed by atoms with Crippen molar-refractivity contribution in [3.8, 4) is 0 Å². The number of nitrogens with two attached hydrogens (primary N) is 1. The van der Waals surface area contributed by atoms with Crippen molar-refractivity contribution in [2.24, 2.45) is 5.92 Å². The zero-order valence-corrected chi connectivity index (χ0v) is 11.8. The van der Waals surface area contributed by atoms with Crippen LogP contribution in [0.5, 0.6) is 0 Å². The summed E-state index contributed by atoms with van der Waals surface area (Å²) in [7, 11) is 0. The van der Waals surface area contributed by atoms with Crippen LogP contribution in [0, 0.1) is 5.92 Å². The third-order valence-electron chi connectivity index (χ3n) is 3.50. The summed E-state index contributed by atoms with van der Waals surface area (Å²) < 4.78 is 5.65. The van der Waals surface area contributed by atoms with Gasteiger partial charge in [-0.05, 0) is 24.5 Å². The van der Waals surface area contributed by atoms with Gasteiger partial charge in [0.15, 0.2) is 5.58 Å². The number of hydrogen-bond donors (Lipinski definition) is 2. The molecule has 0 amide bonds. The fourth-order valence-corrected chi connectivity index (χ4v) is 2.19. The van der Waals surface area contributed by atoms with Crippen LogP contribution in [0.25, 0.3) is 11.1 Å². The first kappa shape index (κ1) is 13.7. The number of unbranched alkanes of at least 4 members (excludes halogenated alkanes) is 1. The van der Waals surface area contributed by atoms with Crippen LogP contribution in [0.3, 0.4) is 0 Å². The average molecular weight is 261 g/mol. The van der Waals surface area contributed by atoms with E-state index in [1.54, 1.807) is 0 Å². The number of benzene rings is 1. The Kier molecular flexibility index (Phi) is 4.66. The number of nitrogens with one attached hydrogen (secondary N) is 1. The van der Waals surface area contributed by atoms with Gasteiger partial charge in [0.2, 0.25) is 0 Å². The van der Waals surface area contributed by atoms with Crippen LogP contribution >= 0.6 is 0 Å². The summed E-state index contributed by atoms with van der Waals surface area (Å²) in [6.45, 7) is 5.37. The number of nitrogens with zero attached hydrogens (tertiary/aromatic N) is 1. The third-order valence-corrected chi connectivity index (χ3v) is 3.50. The fraction of sp³-hybridized carbons (Fsp3) is 0.533. The molecule has 2 rings (SSSR count). The van der Waals surface area contributed by atoms with Gasteiger partial charge >= 0.3 is 0 Å². The average Bonchev–Trinajstić information content (AvgIpc) is 2.81. The molecule has 2 aromatic rings. The predicted molar refractivity (Wildman–Crippen MR) is 80.2 cm³/mol. The van der Waals surface area contributed by atoms with Crippen LogP contribution in [-0.4, -0.2) is 11.5 Å². The predicted octanol–water partition coefficient (Wildman–Crippen LogP) is 4.04. The summed E-state index contributed by atoms with van der Waals surface area (Å²) in [6, 6.07) is 6.12. The van der Waals surface area contributed by atoms with Crippen molar-refractivity contribution in [3.63, 3.8) is 0 Å². The normalized spacial score (nSPS) is 12.7. The van der Waals surface area contributed by atoms with Crippen LogP contribution in [-0.2, 0) is 0 Å². The van der Waals surface area contributed by atoms with Crippen LogP contribution < -0.4 is 11.1 Å². The monoisotopic (exact) mass is 261 g/mol. The molecule has 1 heterocycles. The molecule has 1 unspecified atom stereocenters. The van der Waals surface area contributed by atoms with Gasteiger partial charge in [-0.3, -0.25) is 0 Å². The van der Waals surface area contributed by atoms with Gasteiger partial charge in [0.25, 0.3) is 6.01 Å². The van der Waals surface area contributed by atoms with Gasteiger partial charge in [-0.1, -0.05) is 33.1 Å². The molecular weight excluding hydrogens is 238 g/mol. The minimum atomic E-state index is 0.593. The summed E-state index contributed by atoms with van der Waals surface area (Å²) in [5.41, 5.74) is 8.01. The molecule has 4 heteroatoms. The van der Waals surface area contributed by atoms with Crippen molar-refractivity contribution < 1.29 is 4.42 Å². The molecule has 0 aliphatic rings. The molecule has 0 spiro atoms. The maximum atomic E-state index is 5.72. The van der Waals surface area contributed by atoms with Crippen molar-refractivity contribution >= 4 is 22.8 Å². The Bertz CT molecular complexity index is 521. The van der Waals surface area contributed by atoms with Gasteiger partial charge in [0.05, 0.1) is 0 Å². The second kappa shape index (κ2) is 6.45. The lowest BCUT2D eigenvalue weighted by Crippen LogP contribution is -2.13. The van der Waals surface area contributed by atoms with E-state index < -0.39 is 0 Å². The van der Waals surface area contributed by atoms with E-state index in [-0.39, 0.29) is 0 Å². The molecule has 0 saturated heterocycles. The van der Waals surface area contributed by atoms with Crippen molar-refractivity contribution in [2.75, 3.05) is 17.6 Å². The molecule has 0 radical (unpaired) electrons. The highest BCUT2D eigenvalue weighted by Gasteiger charge is 2.09. The number of aromatic nitrogens is 1. The van der Waals surface area contributed by atoms with Crippen molar-refractivity contribution in [1.29, 1.82) is 0 Å². The van der Waals surface area contributed by atoms with E-state index in [0.29, 0.717) is 17.6 Å². The molecule has 0 aliphatic carbocycles. The summed E-state index contributed by atoms with van der Waals surface area (Å²) >= 11 is 0. The summed E-state index contributed by atoms with van der Waals surface area (Å²) in [5, 5.41) is 3.29. The lowest BCUT2D eigenvalue weighted by molar-refractivity contribution is 0.466. The Balaban J connectivity index is 1.97. The van der Waals surface area contributed by atoms with Gasteiger partial charge in [0, 0.05) is 18.3 Å². The number of oxazole rings is 1. The summed E-state index contributed by atoms with van der Waals surface area (Å²) in [4.78, 5) is 4.41. The number of rotatable bonds is 7. The highest BCUT2D eigenvalue weighted by Crippen LogP contribution is 2.22. The van der Waals surface area contributed by atoms with E-state index in [0.717, 1.165) is 17.6 Å². The first-order valence-electron chi connectivity index (χ1n) is 7.12. The molecule has 104 valence electrons. The van der Waals surface area contributed by atoms with E-state index in [1.807, 2.05) is 18.2 Å². The van der Waals surface area contributed by atoms with Crippen LogP contribution in [0.15, 0.2) is 22.6 Å². The van der Waals surface area contributed by atoms with E-state index >= 15 is 0 Å². The zero-order valence-electron chi connectivity index (χ0n) is 11.8. The Morgan fingerprint density at radius 1 is 1.37 bits per heavy atom. The van der Waals surface area contributed by atoms with Crippen LogP contribution in [0.1, 0.15) is 39.5 Å². The van der Waals surface area contributed by atoms with Crippen molar-refractivity contribution in [2.45, 2.75) is 39.5 Å². The number of nitrogen functional groups attached to an aromatic ring is 1. The zero-order chi connectivity index (χ0) is 13.7. The lowest BCUT2D eigenvalue weighted by atomic mass is 9.99. The molecule has 0 bridgehead atoms. The molecule has 0 saturated carbocycles. The SMILES string of the molecule is CCCCC(CC)CNc1nc2ccc(N)cc2o1. The van der Waals surface area contributed by atoms with Gasteiger partial charge in [-0.25, -0.2) is 0 Å². The minimum absolute atomic E-state index is 0.593. The standard InChI is InChI=1S/C15H23N3O/c1-3-5-6-11(4-2)10-17-15-18-13-8-7-12(16)9-14(13)19-15/h7-9,11H,3-6,10,16H2,1-2H3,(H,17,18). The maximum Gasteiger partial charge on any atom is 0.295 e. The first-order chi connectivity index (χ1) is 9.22. The van der Waals surface area contributed by atoms with Gasteiger partial charge in [-0.2, -0.15) is 4.98 Å². The Morgan fingerprint density at radius 3 is 2.95 bits per heavy atom. The summed E-state index contributed by atoms with van der Waals surface area (Å²) in [5.74, 6) is 0.681. The largest absolute Gasteiger partial charge is 0.423 e. The highest BCUT2D eigenvalue weighted by molar-refractivity contribution is 5.78. The Morgan fingerprint density at radius 2 is 2.21 bits per heavy atom. The third kappa shape index (κ3) is 3.63. The molecule has 1 aromatic heterocycles. The van der Waals surface area contributed by atoms with E-state index in [2.05, 4.69) is 24.1 Å². The topological polar surface area (TPSA) is 64.1 Å².